The van der Waals surface area contributed by atoms with Crippen molar-refractivity contribution in [2.75, 3.05) is 44.2 Å². The smallest absolute Gasteiger partial charge is 0.254 e. The minimum absolute atomic E-state index is 0.127. The Morgan fingerprint density at radius 2 is 2.04 bits per heavy atom. The fraction of sp³-hybridized carbons (Fsp3) is 0.474. The normalized spacial score (nSPS) is 18.1. The van der Waals surface area contributed by atoms with Gasteiger partial charge in [-0.1, -0.05) is 6.92 Å². The number of carbonyl (C=O) groups excluding carboxylic acids is 1. The van der Waals surface area contributed by atoms with E-state index in [4.69, 9.17) is 0 Å². The van der Waals surface area contributed by atoms with Crippen LogP contribution in [0.4, 0.5) is 10.1 Å². The van der Waals surface area contributed by atoms with E-state index in [9.17, 15) is 9.18 Å². The molecular weight excluding hydrogens is 333 g/mol. The first-order chi connectivity index (χ1) is 12.7. The monoisotopic (exact) mass is 357 g/mol. The molecule has 1 aromatic carbocycles. The number of hydrogen-bond acceptors (Lipinski definition) is 4. The van der Waals surface area contributed by atoms with E-state index >= 15 is 0 Å². The minimum atomic E-state index is -0.318. The maximum atomic E-state index is 14.7. The highest BCUT2D eigenvalue weighted by atomic mass is 19.1. The molecule has 3 heterocycles. The zero-order valence-corrected chi connectivity index (χ0v) is 15.0. The SMILES string of the molecule is CCN1CCN(c2ccc(C(=O)N3CCc4[nH]ncc4C3)cc2F)CC1. The highest BCUT2D eigenvalue weighted by Gasteiger charge is 2.24. The molecule has 0 aliphatic carbocycles. The number of H-pyrrole nitrogens is 1. The number of nitrogens with zero attached hydrogens (tertiary/aromatic N) is 4. The minimum Gasteiger partial charge on any atom is -0.367 e. The molecule has 1 saturated heterocycles. The molecule has 0 unspecified atom stereocenters. The largest absolute Gasteiger partial charge is 0.367 e. The van der Waals surface area contributed by atoms with Crippen molar-refractivity contribution in [3.05, 3.63) is 47.0 Å². The molecule has 1 aromatic heterocycles. The number of anilines is 1. The van der Waals surface area contributed by atoms with E-state index in [1.807, 2.05) is 0 Å². The summed E-state index contributed by atoms with van der Waals surface area (Å²) in [5.41, 5.74) is 3.12. The fourth-order valence-corrected chi connectivity index (χ4v) is 3.78. The Balaban J connectivity index is 1.47. The van der Waals surface area contributed by atoms with Crippen LogP contribution in [-0.2, 0) is 13.0 Å². The van der Waals surface area contributed by atoms with E-state index in [2.05, 4.69) is 26.9 Å². The lowest BCUT2D eigenvalue weighted by Crippen LogP contribution is -2.46. The van der Waals surface area contributed by atoms with Gasteiger partial charge in [-0.15, -0.1) is 0 Å². The second kappa shape index (κ2) is 7.07. The van der Waals surface area contributed by atoms with E-state index in [0.29, 0.717) is 24.3 Å². The second-order valence-electron chi connectivity index (χ2n) is 6.94. The predicted molar refractivity (Wildman–Crippen MR) is 97.8 cm³/mol. The van der Waals surface area contributed by atoms with Gasteiger partial charge < -0.3 is 14.7 Å². The van der Waals surface area contributed by atoms with Gasteiger partial charge in [-0.3, -0.25) is 9.89 Å². The fourth-order valence-electron chi connectivity index (χ4n) is 3.78. The number of aromatic nitrogens is 2. The van der Waals surface area contributed by atoms with Crippen LogP contribution < -0.4 is 4.90 Å². The molecule has 1 amide bonds. The molecule has 26 heavy (non-hydrogen) atoms. The van der Waals surface area contributed by atoms with Crippen molar-refractivity contribution in [2.24, 2.45) is 0 Å². The van der Waals surface area contributed by atoms with Crippen molar-refractivity contribution >= 4 is 11.6 Å². The quantitative estimate of drug-likeness (QED) is 0.912. The number of aromatic amines is 1. The molecule has 0 saturated carbocycles. The van der Waals surface area contributed by atoms with Crippen molar-refractivity contribution in [2.45, 2.75) is 19.9 Å². The van der Waals surface area contributed by atoms with Gasteiger partial charge in [0.25, 0.3) is 5.91 Å². The lowest BCUT2D eigenvalue weighted by atomic mass is 10.1. The summed E-state index contributed by atoms with van der Waals surface area (Å²) in [4.78, 5) is 18.9. The number of halogens is 1. The van der Waals surface area contributed by atoms with Gasteiger partial charge >= 0.3 is 0 Å². The van der Waals surface area contributed by atoms with Crippen LogP contribution in [0.2, 0.25) is 0 Å². The van der Waals surface area contributed by atoms with E-state index in [-0.39, 0.29) is 11.7 Å². The molecule has 2 aliphatic heterocycles. The average Bonchev–Trinajstić information content (AvgIpc) is 3.15. The molecule has 0 radical (unpaired) electrons. The van der Waals surface area contributed by atoms with Crippen molar-refractivity contribution < 1.29 is 9.18 Å². The highest BCUT2D eigenvalue weighted by Crippen LogP contribution is 2.24. The van der Waals surface area contributed by atoms with Gasteiger partial charge in [0.2, 0.25) is 0 Å². The van der Waals surface area contributed by atoms with Crippen LogP contribution in [0.3, 0.4) is 0 Å². The topological polar surface area (TPSA) is 55.5 Å². The van der Waals surface area contributed by atoms with Crippen LogP contribution in [0.1, 0.15) is 28.5 Å². The second-order valence-corrected chi connectivity index (χ2v) is 6.94. The number of hydrogen-bond donors (Lipinski definition) is 1. The maximum Gasteiger partial charge on any atom is 0.254 e. The molecule has 4 rings (SSSR count). The van der Waals surface area contributed by atoms with Crippen LogP contribution in [0.25, 0.3) is 0 Å². The lowest BCUT2D eigenvalue weighted by molar-refractivity contribution is 0.0734. The summed E-state index contributed by atoms with van der Waals surface area (Å²) < 4.78 is 14.7. The number of likely N-dealkylation sites (N-methyl/N-ethyl adjacent to an activating group) is 1. The van der Waals surface area contributed by atoms with Gasteiger partial charge in [0, 0.05) is 62.5 Å². The molecule has 0 bridgehead atoms. The number of fused-ring (bicyclic) bond motifs is 1. The molecule has 0 spiro atoms. The first-order valence-electron chi connectivity index (χ1n) is 9.23. The first kappa shape index (κ1) is 17.0. The molecule has 2 aliphatic rings. The third-order valence-electron chi connectivity index (χ3n) is 5.44. The van der Waals surface area contributed by atoms with E-state index in [1.165, 1.54) is 6.07 Å². The zero-order valence-electron chi connectivity index (χ0n) is 15.0. The Hall–Kier alpha value is -2.41. The Morgan fingerprint density at radius 1 is 1.23 bits per heavy atom. The van der Waals surface area contributed by atoms with Crippen molar-refractivity contribution in [3.8, 4) is 0 Å². The van der Waals surface area contributed by atoms with Crippen molar-refractivity contribution in [3.63, 3.8) is 0 Å². The first-order valence-corrected chi connectivity index (χ1v) is 9.23. The van der Waals surface area contributed by atoms with Crippen LogP contribution in [0, 0.1) is 5.82 Å². The molecule has 1 fully saturated rings. The summed E-state index contributed by atoms with van der Waals surface area (Å²) in [6.45, 7) is 7.82. The number of rotatable bonds is 3. The van der Waals surface area contributed by atoms with Gasteiger partial charge in [-0.25, -0.2) is 4.39 Å². The summed E-state index contributed by atoms with van der Waals surface area (Å²) in [7, 11) is 0. The summed E-state index contributed by atoms with van der Waals surface area (Å²) >= 11 is 0. The standard InChI is InChI=1S/C19H24FN5O/c1-2-23-7-9-24(10-8-23)18-4-3-14(11-16(18)20)19(26)25-6-5-17-15(13-25)12-21-22-17/h3-4,11-12H,2,5-10,13H2,1H3,(H,21,22). The van der Waals surface area contributed by atoms with Crippen molar-refractivity contribution in [1.29, 1.82) is 0 Å². The van der Waals surface area contributed by atoms with Gasteiger partial charge in [-0.2, -0.15) is 5.10 Å². The van der Waals surface area contributed by atoms with Crippen LogP contribution >= 0.6 is 0 Å². The molecular formula is C19H24FN5O. The number of nitrogens with one attached hydrogen (secondary N) is 1. The summed E-state index contributed by atoms with van der Waals surface area (Å²) in [5, 5.41) is 6.99. The van der Waals surface area contributed by atoms with Crippen LogP contribution in [0.5, 0.6) is 0 Å². The van der Waals surface area contributed by atoms with Crippen LogP contribution in [0.15, 0.2) is 24.4 Å². The lowest BCUT2D eigenvalue weighted by Gasteiger charge is -2.35. The summed E-state index contributed by atoms with van der Waals surface area (Å²) in [6.07, 6.45) is 2.51. The number of carbonyl (C=O) groups is 1. The third kappa shape index (κ3) is 3.19. The van der Waals surface area contributed by atoms with E-state index < -0.39 is 0 Å². The summed E-state index contributed by atoms with van der Waals surface area (Å²) in [6, 6.07) is 4.88. The molecule has 0 atom stereocenters. The van der Waals surface area contributed by atoms with Crippen LogP contribution in [-0.4, -0.2) is 65.2 Å². The molecule has 6 nitrogen and oxygen atoms in total. The molecule has 2 aromatic rings. The zero-order chi connectivity index (χ0) is 18.1. The Bertz CT molecular complexity index is 797. The van der Waals surface area contributed by atoms with Gasteiger partial charge in [-0.05, 0) is 24.7 Å². The molecule has 1 N–H and O–H groups in total. The van der Waals surface area contributed by atoms with Crippen molar-refractivity contribution in [1.82, 2.24) is 20.0 Å². The van der Waals surface area contributed by atoms with E-state index in [0.717, 1.165) is 50.4 Å². The van der Waals surface area contributed by atoms with Gasteiger partial charge in [0.1, 0.15) is 5.82 Å². The Labute approximate surface area is 152 Å². The number of amides is 1. The average molecular weight is 357 g/mol. The summed E-state index contributed by atoms with van der Waals surface area (Å²) in [5.74, 6) is -0.445. The Morgan fingerprint density at radius 3 is 2.77 bits per heavy atom. The molecule has 138 valence electrons. The van der Waals surface area contributed by atoms with E-state index in [1.54, 1.807) is 23.2 Å². The van der Waals surface area contributed by atoms with Gasteiger partial charge in [0.15, 0.2) is 0 Å². The van der Waals surface area contributed by atoms with Gasteiger partial charge in [0.05, 0.1) is 11.9 Å². The Kier molecular flexibility index (Phi) is 4.63. The maximum absolute atomic E-state index is 14.7. The highest BCUT2D eigenvalue weighted by molar-refractivity contribution is 5.94. The molecule has 7 heteroatoms. The number of benzene rings is 1. The number of piperazine rings is 1. The predicted octanol–water partition coefficient (Wildman–Crippen LogP) is 1.89. The third-order valence-corrected chi connectivity index (χ3v) is 5.44.